The third kappa shape index (κ3) is 3.04. The second-order valence-corrected chi connectivity index (χ2v) is 6.91. The monoisotopic (exact) mass is 322 g/mol. The van der Waals surface area contributed by atoms with Crippen LogP contribution in [-0.4, -0.2) is 51.9 Å². The van der Waals surface area contributed by atoms with Crippen molar-refractivity contribution in [2.75, 3.05) is 26.2 Å². The molecule has 0 saturated carbocycles. The van der Waals surface area contributed by atoms with Gasteiger partial charge in [0, 0.05) is 44.6 Å². The molecule has 4 rings (SSSR count). The molecule has 5 heteroatoms. The molecule has 0 bridgehead atoms. The van der Waals surface area contributed by atoms with Gasteiger partial charge in [0.2, 0.25) is 0 Å². The number of aromatic nitrogens is 2. The summed E-state index contributed by atoms with van der Waals surface area (Å²) in [6.07, 6.45) is 1.85. The predicted molar refractivity (Wildman–Crippen MR) is 91.4 cm³/mol. The van der Waals surface area contributed by atoms with Gasteiger partial charge in [0.25, 0.3) is 5.91 Å². The second-order valence-electron chi connectivity index (χ2n) is 6.91. The molecular formula is C19H22N4O. The summed E-state index contributed by atoms with van der Waals surface area (Å²) in [4.78, 5) is 25.9. The molecule has 0 spiro atoms. The molecule has 2 atom stereocenters. The number of hydrogen-bond acceptors (Lipinski definition) is 4. The normalized spacial score (nSPS) is 23.5. The van der Waals surface area contributed by atoms with Crippen LogP contribution in [0.2, 0.25) is 0 Å². The number of aryl methyl sites for hydroxylation is 1. The van der Waals surface area contributed by atoms with Crippen molar-refractivity contribution in [1.82, 2.24) is 19.8 Å². The molecule has 5 nitrogen and oxygen atoms in total. The molecule has 0 unspecified atom stereocenters. The molecule has 1 amide bonds. The minimum Gasteiger partial charge on any atom is -0.337 e. The van der Waals surface area contributed by atoms with Crippen molar-refractivity contribution in [3.8, 4) is 0 Å². The van der Waals surface area contributed by atoms with Crippen LogP contribution >= 0.6 is 0 Å². The highest BCUT2D eigenvalue weighted by molar-refractivity contribution is 5.92. The summed E-state index contributed by atoms with van der Waals surface area (Å²) in [5.74, 6) is 1.22. The molecule has 0 aliphatic carbocycles. The van der Waals surface area contributed by atoms with Crippen LogP contribution < -0.4 is 0 Å². The van der Waals surface area contributed by atoms with E-state index in [9.17, 15) is 4.79 Å². The predicted octanol–water partition coefficient (Wildman–Crippen LogP) is 1.99. The quantitative estimate of drug-likeness (QED) is 0.867. The number of amides is 1. The maximum atomic E-state index is 12.6. The molecule has 4 heterocycles. The zero-order valence-corrected chi connectivity index (χ0v) is 13.9. The highest BCUT2D eigenvalue weighted by atomic mass is 16.2. The van der Waals surface area contributed by atoms with E-state index in [-0.39, 0.29) is 5.91 Å². The van der Waals surface area contributed by atoms with Crippen LogP contribution in [0, 0.1) is 18.8 Å². The number of hydrogen-bond donors (Lipinski definition) is 0. The van der Waals surface area contributed by atoms with Gasteiger partial charge in [-0.3, -0.25) is 14.7 Å². The summed E-state index contributed by atoms with van der Waals surface area (Å²) < 4.78 is 0. The highest BCUT2D eigenvalue weighted by Crippen LogP contribution is 2.32. The second kappa shape index (κ2) is 6.32. The average Bonchev–Trinajstić information content (AvgIpc) is 3.13. The van der Waals surface area contributed by atoms with E-state index in [1.165, 1.54) is 0 Å². The summed E-state index contributed by atoms with van der Waals surface area (Å²) in [6, 6.07) is 11.7. The zero-order chi connectivity index (χ0) is 16.5. The summed E-state index contributed by atoms with van der Waals surface area (Å²) in [7, 11) is 0. The molecule has 2 aromatic rings. The van der Waals surface area contributed by atoms with Crippen LogP contribution in [0.15, 0.2) is 42.6 Å². The third-order valence-corrected chi connectivity index (χ3v) is 5.07. The first kappa shape index (κ1) is 15.3. The van der Waals surface area contributed by atoms with E-state index in [0.29, 0.717) is 17.5 Å². The lowest BCUT2D eigenvalue weighted by atomic mass is 10.0. The van der Waals surface area contributed by atoms with Crippen molar-refractivity contribution in [3.05, 3.63) is 59.7 Å². The van der Waals surface area contributed by atoms with Crippen LogP contribution in [0.5, 0.6) is 0 Å². The Kier molecular flexibility index (Phi) is 4.02. The Balaban J connectivity index is 1.37. The summed E-state index contributed by atoms with van der Waals surface area (Å²) in [5.41, 5.74) is 2.58. The van der Waals surface area contributed by atoms with Crippen molar-refractivity contribution in [2.45, 2.75) is 13.5 Å². The lowest BCUT2D eigenvalue weighted by Gasteiger charge is -2.21. The molecule has 2 aromatic heterocycles. The fourth-order valence-electron chi connectivity index (χ4n) is 3.93. The van der Waals surface area contributed by atoms with Crippen LogP contribution in [-0.2, 0) is 6.54 Å². The Hall–Kier alpha value is -2.27. The maximum absolute atomic E-state index is 12.6. The third-order valence-electron chi connectivity index (χ3n) is 5.07. The first-order valence-corrected chi connectivity index (χ1v) is 8.54. The lowest BCUT2D eigenvalue weighted by molar-refractivity contribution is 0.0767. The summed E-state index contributed by atoms with van der Waals surface area (Å²) in [6.45, 7) is 6.61. The van der Waals surface area contributed by atoms with E-state index in [0.717, 1.165) is 44.1 Å². The zero-order valence-electron chi connectivity index (χ0n) is 13.9. The number of nitrogens with zero attached hydrogens (tertiary/aromatic N) is 4. The Bertz CT molecular complexity index is 719. The first-order chi connectivity index (χ1) is 11.7. The Morgan fingerprint density at radius 2 is 1.88 bits per heavy atom. The van der Waals surface area contributed by atoms with Crippen molar-refractivity contribution in [1.29, 1.82) is 0 Å². The fraction of sp³-hybridized carbons (Fsp3) is 0.421. The minimum atomic E-state index is 0.0735. The van der Waals surface area contributed by atoms with Gasteiger partial charge in [0.05, 0.1) is 5.69 Å². The van der Waals surface area contributed by atoms with Gasteiger partial charge in [-0.25, -0.2) is 4.98 Å². The van der Waals surface area contributed by atoms with Crippen LogP contribution in [0.25, 0.3) is 0 Å². The summed E-state index contributed by atoms with van der Waals surface area (Å²) >= 11 is 0. The van der Waals surface area contributed by atoms with E-state index in [1.54, 1.807) is 0 Å². The van der Waals surface area contributed by atoms with Crippen LogP contribution in [0.1, 0.15) is 21.9 Å². The van der Waals surface area contributed by atoms with E-state index in [4.69, 9.17) is 0 Å². The molecule has 124 valence electrons. The van der Waals surface area contributed by atoms with E-state index >= 15 is 0 Å². The molecular weight excluding hydrogens is 300 g/mol. The molecule has 2 aliphatic heterocycles. The van der Waals surface area contributed by atoms with Gasteiger partial charge >= 0.3 is 0 Å². The standard InChI is InChI=1S/C19H22N4O/c1-14-5-4-7-18(21-14)19(24)23-11-15-9-22(10-16(15)12-23)13-17-6-2-3-8-20-17/h2-8,15-16H,9-13H2,1H3/t15-,16-/m0/s1. The number of pyridine rings is 2. The lowest BCUT2D eigenvalue weighted by Crippen LogP contribution is -2.33. The largest absolute Gasteiger partial charge is 0.337 e. The molecule has 0 N–H and O–H groups in total. The number of rotatable bonds is 3. The van der Waals surface area contributed by atoms with Crippen LogP contribution in [0.4, 0.5) is 0 Å². The minimum absolute atomic E-state index is 0.0735. The van der Waals surface area contributed by atoms with Crippen molar-refractivity contribution in [3.63, 3.8) is 0 Å². The fourth-order valence-corrected chi connectivity index (χ4v) is 3.93. The molecule has 2 fully saturated rings. The van der Waals surface area contributed by atoms with Gasteiger partial charge in [0.15, 0.2) is 0 Å². The number of fused-ring (bicyclic) bond motifs is 1. The topological polar surface area (TPSA) is 49.3 Å². The van der Waals surface area contributed by atoms with E-state index in [1.807, 2.05) is 48.4 Å². The molecule has 24 heavy (non-hydrogen) atoms. The van der Waals surface area contributed by atoms with Crippen molar-refractivity contribution in [2.24, 2.45) is 11.8 Å². The Morgan fingerprint density at radius 3 is 2.54 bits per heavy atom. The van der Waals surface area contributed by atoms with Crippen molar-refractivity contribution < 1.29 is 4.79 Å². The molecule has 0 aromatic carbocycles. The van der Waals surface area contributed by atoms with Gasteiger partial charge in [-0.05, 0) is 43.0 Å². The number of carbonyl (C=O) groups is 1. The molecule has 0 radical (unpaired) electrons. The Labute approximate surface area is 142 Å². The van der Waals surface area contributed by atoms with Gasteiger partial charge in [-0.15, -0.1) is 0 Å². The van der Waals surface area contributed by atoms with E-state index < -0.39 is 0 Å². The van der Waals surface area contributed by atoms with Gasteiger partial charge < -0.3 is 4.90 Å². The SMILES string of the molecule is Cc1cccc(C(=O)N2C[C@@H]3CN(Cc4ccccn4)C[C@H]3C2)n1. The van der Waals surface area contributed by atoms with Gasteiger partial charge in [-0.2, -0.15) is 0 Å². The van der Waals surface area contributed by atoms with Gasteiger partial charge in [-0.1, -0.05) is 12.1 Å². The van der Waals surface area contributed by atoms with Gasteiger partial charge in [0.1, 0.15) is 5.69 Å². The van der Waals surface area contributed by atoms with E-state index in [2.05, 4.69) is 20.9 Å². The first-order valence-electron chi connectivity index (χ1n) is 8.54. The molecule has 2 saturated heterocycles. The highest BCUT2D eigenvalue weighted by Gasteiger charge is 2.41. The van der Waals surface area contributed by atoms with Crippen LogP contribution in [0.3, 0.4) is 0 Å². The summed E-state index contributed by atoms with van der Waals surface area (Å²) in [5, 5.41) is 0. The number of carbonyl (C=O) groups excluding carboxylic acids is 1. The maximum Gasteiger partial charge on any atom is 0.272 e. The van der Waals surface area contributed by atoms with Crippen molar-refractivity contribution >= 4 is 5.91 Å². The molecule has 2 aliphatic rings. The number of likely N-dealkylation sites (tertiary alicyclic amines) is 2. The smallest absolute Gasteiger partial charge is 0.272 e. The Morgan fingerprint density at radius 1 is 1.08 bits per heavy atom. The average molecular weight is 322 g/mol.